The third-order valence-corrected chi connectivity index (χ3v) is 4.65. The smallest absolute Gasteiger partial charge is 0.00966 e. The summed E-state index contributed by atoms with van der Waals surface area (Å²) < 4.78 is 0. The Morgan fingerprint density at radius 2 is 1.78 bits per heavy atom. The molecule has 0 radical (unpaired) electrons. The summed E-state index contributed by atoms with van der Waals surface area (Å²) in [4.78, 5) is 2.79. The molecule has 0 unspecified atom stereocenters. The molecule has 0 aromatic heterocycles. The van der Waals surface area contributed by atoms with E-state index in [-0.39, 0.29) is 0 Å². The molecule has 1 fully saturated rings. The van der Waals surface area contributed by atoms with Gasteiger partial charge < -0.3 is 5.32 Å². The number of hydrogen-bond acceptors (Lipinski definition) is 2. The van der Waals surface area contributed by atoms with Crippen molar-refractivity contribution in [1.82, 2.24) is 10.2 Å². The highest BCUT2D eigenvalue weighted by molar-refractivity contribution is 4.90. The van der Waals surface area contributed by atoms with E-state index in [0.717, 1.165) is 12.6 Å². The van der Waals surface area contributed by atoms with E-state index in [2.05, 4.69) is 37.9 Å². The van der Waals surface area contributed by atoms with Gasteiger partial charge in [0.15, 0.2) is 0 Å². The highest BCUT2D eigenvalue weighted by Gasteiger charge is 2.35. The number of nitrogens with one attached hydrogen (secondary N) is 1. The van der Waals surface area contributed by atoms with E-state index in [1.807, 2.05) is 0 Å². The van der Waals surface area contributed by atoms with Crippen molar-refractivity contribution < 1.29 is 0 Å². The Morgan fingerprint density at radius 3 is 2.22 bits per heavy atom. The normalized spacial score (nSPS) is 16.5. The summed E-state index contributed by atoms with van der Waals surface area (Å²) in [7, 11) is 0. The SMILES string of the molecule is CCCCN(CC(CC)(CC)CNCC)C1CC1. The molecule has 0 amide bonds. The van der Waals surface area contributed by atoms with Crippen molar-refractivity contribution in [2.24, 2.45) is 5.41 Å². The van der Waals surface area contributed by atoms with Gasteiger partial charge >= 0.3 is 0 Å². The van der Waals surface area contributed by atoms with E-state index < -0.39 is 0 Å². The topological polar surface area (TPSA) is 15.3 Å². The molecule has 0 spiro atoms. The largest absolute Gasteiger partial charge is 0.316 e. The Labute approximate surface area is 115 Å². The molecular weight excluding hydrogens is 220 g/mol. The van der Waals surface area contributed by atoms with Gasteiger partial charge in [0.2, 0.25) is 0 Å². The van der Waals surface area contributed by atoms with Gasteiger partial charge in [-0.15, -0.1) is 0 Å². The average Bonchev–Trinajstić information content (AvgIpc) is 3.23. The van der Waals surface area contributed by atoms with Crippen LogP contribution in [0.1, 0.15) is 66.2 Å². The summed E-state index contributed by atoms with van der Waals surface area (Å²) in [5, 5.41) is 3.59. The highest BCUT2D eigenvalue weighted by atomic mass is 15.2. The summed E-state index contributed by atoms with van der Waals surface area (Å²) in [5.74, 6) is 0. The summed E-state index contributed by atoms with van der Waals surface area (Å²) in [6, 6.07) is 0.913. The van der Waals surface area contributed by atoms with Crippen molar-refractivity contribution in [3.63, 3.8) is 0 Å². The van der Waals surface area contributed by atoms with Crippen molar-refractivity contribution >= 4 is 0 Å². The fourth-order valence-corrected chi connectivity index (χ4v) is 2.79. The van der Waals surface area contributed by atoms with Crippen LogP contribution in [0, 0.1) is 5.41 Å². The Morgan fingerprint density at radius 1 is 1.11 bits per heavy atom. The van der Waals surface area contributed by atoms with Crippen LogP contribution in [0.2, 0.25) is 0 Å². The molecule has 0 aromatic rings. The Balaban J connectivity index is 2.54. The van der Waals surface area contributed by atoms with Crippen molar-refractivity contribution in [1.29, 1.82) is 0 Å². The third kappa shape index (κ3) is 4.89. The summed E-state index contributed by atoms with van der Waals surface area (Å²) in [6.07, 6.45) is 8.16. The van der Waals surface area contributed by atoms with Gasteiger partial charge in [-0.05, 0) is 50.6 Å². The lowest BCUT2D eigenvalue weighted by Crippen LogP contribution is -2.44. The zero-order valence-electron chi connectivity index (χ0n) is 13.1. The fraction of sp³-hybridized carbons (Fsp3) is 1.00. The van der Waals surface area contributed by atoms with E-state index in [9.17, 15) is 0 Å². The molecule has 0 aliphatic heterocycles. The molecule has 18 heavy (non-hydrogen) atoms. The quantitative estimate of drug-likeness (QED) is 0.605. The lowest BCUT2D eigenvalue weighted by molar-refractivity contribution is 0.127. The number of nitrogens with zero attached hydrogens (tertiary/aromatic N) is 1. The van der Waals surface area contributed by atoms with Crippen LogP contribution in [0.3, 0.4) is 0 Å². The monoisotopic (exact) mass is 254 g/mol. The minimum atomic E-state index is 0.492. The molecule has 2 heteroatoms. The summed E-state index contributed by atoms with van der Waals surface area (Å²) in [5.41, 5.74) is 0.492. The Bertz CT molecular complexity index is 207. The second-order valence-corrected chi connectivity index (χ2v) is 6.04. The Kier molecular flexibility index (Phi) is 7.25. The van der Waals surface area contributed by atoms with Gasteiger partial charge in [0.25, 0.3) is 0 Å². The molecule has 1 rings (SSSR count). The zero-order chi connectivity index (χ0) is 13.4. The van der Waals surface area contributed by atoms with Gasteiger partial charge in [-0.2, -0.15) is 0 Å². The van der Waals surface area contributed by atoms with E-state index in [0.29, 0.717) is 5.41 Å². The molecular formula is C16H34N2. The maximum atomic E-state index is 3.59. The van der Waals surface area contributed by atoms with Crippen molar-refractivity contribution in [2.45, 2.75) is 72.3 Å². The second kappa shape index (κ2) is 8.16. The molecule has 0 aromatic carbocycles. The van der Waals surface area contributed by atoms with Crippen molar-refractivity contribution in [2.75, 3.05) is 26.2 Å². The number of rotatable bonds is 11. The third-order valence-electron chi connectivity index (χ3n) is 4.65. The molecule has 1 saturated carbocycles. The zero-order valence-corrected chi connectivity index (χ0v) is 13.1. The minimum absolute atomic E-state index is 0.492. The van der Waals surface area contributed by atoms with Crippen LogP contribution in [-0.2, 0) is 0 Å². The molecule has 108 valence electrons. The van der Waals surface area contributed by atoms with Gasteiger partial charge in [0.1, 0.15) is 0 Å². The van der Waals surface area contributed by atoms with E-state index in [1.54, 1.807) is 0 Å². The lowest BCUT2D eigenvalue weighted by atomic mass is 9.81. The Hall–Kier alpha value is -0.0800. The average molecular weight is 254 g/mol. The standard InChI is InChI=1S/C16H34N2/c1-5-9-12-18(15-10-11-15)14-16(6-2,7-3)13-17-8-4/h15,17H,5-14H2,1-4H3. The van der Waals surface area contributed by atoms with E-state index >= 15 is 0 Å². The van der Waals surface area contributed by atoms with Crippen LogP contribution in [0.15, 0.2) is 0 Å². The first-order valence-corrected chi connectivity index (χ1v) is 8.16. The van der Waals surface area contributed by atoms with Gasteiger partial charge in [0, 0.05) is 19.1 Å². The van der Waals surface area contributed by atoms with Crippen LogP contribution < -0.4 is 5.32 Å². The number of hydrogen-bond donors (Lipinski definition) is 1. The molecule has 1 aliphatic rings. The molecule has 2 nitrogen and oxygen atoms in total. The van der Waals surface area contributed by atoms with Gasteiger partial charge in [-0.25, -0.2) is 0 Å². The highest BCUT2D eigenvalue weighted by Crippen LogP contribution is 2.33. The maximum absolute atomic E-state index is 3.59. The summed E-state index contributed by atoms with van der Waals surface area (Å²) >= 11 is 0. The molecule has 1 N–H and O–H groups in total. The molecule has 1 aliphatic carbocycles. The van der Waals surface area contributed by atoms with E-state index in [4.69, 9.17) is 0 Å². The molecule has 0 atom stereocenters. The second-order valence-electron chi connectivity index (χ2n) is 6.04. The first-order chi connectivity index (χ1) is 8.71. The molecule has 0 saturated heterocycles. The first kappa shape index (κ1) is 16.0. The van der Waals surface area contributed by atoms with Gasteiger partial charge in [0.05, 0.1) is 0 Å². The van der Waals surface area contributed by atoms with Crippen molar-refractivity contribution in [3.05, 3.63) is 0 Å². The van der Waals surface area contributed by atoms with Crippen LogP contribution in [0.4, 0.5) is 0 Å². The number of unbranched alkanes of at least 4 members (excludes halogenated alkanes) is 1. The van der Waals surface area contributed by atoms with Crippen LogP contribution in [0.5, 0.6) is 0 Å². The molecule has 0 bridgehead atoms. The molecule has 0 heterocycles. The van der Waals surface area contributed by atoms with Crippen LogP contribution in [-0.4, -0.2) is 37.1 Å². The van der Waals surface area contributed by atoms with Gasteiger partial charge in [-0.3, -0.25) is 4.90 Å². The maximum Gasteiger partial charge on any atom is 0.00966 e. The van der Waals surface area contributed by atoms with Crippen LogP contribution >= 0.6 is 0 Å². The predicted molar refractivity (Wildman–Crippen MR) is 81.1 cm³/mol. The van der Waals surface area contributed by atoms with E-state index in [1.165, 1.54) is 58.2 Å². The van der Waals surface area contributed by atoms with Crippen molar-refractivity contribution in [3.8, 4) is 0 Å². The fourth-order valence-electron chi connectivity index (χ4n) is 2.79. The minimum Gasteiger partial charge on any atom is -0.316 e. The first-order valence-electron chi connectivity index (χ1n) is 8.16. The summed E-state index contributed by atoms with van der Waals surface area (Å²) in [6.45, 7) is 14.2. The van der Waals surface area contributed by atoms with Gasteiger partial charge in [-0.1, -0.05) is 34.1 Å². The lowest BCUT2D eigenvalue weighted by Gasteiger charge is -2.38. The predicted octanol–water partition coefficient (Wildman–Crippen LogP) is 3.67. The van der Waals surface area contributed by atoms with Crippen LogP contribution in [0.25, 0.3) is 0 Å².